The van der Waals surface area contributed by atoms with Gasteiger partial charge in [-0.25, -0.2) is 4.39 Å². The third-order valence-corrected chi connectivity index (χ3v) is 10.7. The summed E-state index contributed by atoms with van der Waals surface area (Å²) in [5.41, 5.74) is 7.09. The first-order valence-electron chi connectivity index (χ1n) is 17.5. The van der Waals surface area contributed by atoms with Crippen molar-refractivity contribution in [3.8, 4) is 17.2 Å². The quantitative estimate of drug-likeness (QED) is 0.195. The standard InChI is InChI=1S/C37H42FN7O5/c1-44-21-28(36(47)42-37-18-22-12-23(19-37)14-24(13-22)20-37)35(43-44)41-25-2-3-32(29(38)15-25)50-31-4-5-40-30-17-33(27(34(39)46)16-26(30)31)49-11-8-45-6-9-48-10-7-45/h2-5,15-17,21-24H,6-14,18-20H2,1H3,(H2,39,46)(H,41,43)(H,42,47). The van der Waals surface area contributed by atoms with Crippen molar-refractivity contribution in [2.75, 3.05) is 44.8 Å². The zero-order valence-electron chi connectivity index (χ0n) is 28.1. The van der Waals surface area contributed by atoms with Crippen LogP contribution in [0.2, 0.25) is 0 Å². The molecule has 0 spiro atoms. The fraction of sp³-hybridized carbons (Fsp3) is 0.459. The molecule has 4 aromatic rings. The summed E-state index contributed by atoms with van der Waals surface area (Å²) in [6.07, 6.45) is 10.2. The van der Waals surface area contributed by atoms with E-state index >= 15 is 4.39 Å². The molecule has 4 aliphatic carbocycles. The van der Waals surface area contributed by atoms with Gasteiger partial charge in [0, 0.05) is 67.8 Å². The van der Waals surface area contributed by atoms with Gasteiger partial charge in [0.2, 0.25) is 0 Å². The zero-order valence-corrected chi connectivity index (χ0v) is 28.1. The number of pyridine rings is 1. The van der Waals surface area contributed by atoms with E-state index in [9.17, 15) is 9.59 Å². The lowest BCUT2D eigenvalue weighted by Crippen LogP contribution is -2.59. The fourth-order valence-electron chi connectivity index (χ4n) is 8.89. The Hall–Kier alpha value is -4.75. The Labute approximate surface area is 289 Å². The van der Waals surface area contributed by atoms with Crippen LogP contribution in [0.5, 0.6) is 17.2 Å². The number of morpholine rings is 1. The number of halogens is 1. The molecule has 0 radical (unpaired) electrons. The van der Waals surface area contributed by atoms with Crippen LogP contribution in [0.3, 0.4) is 0 Å². The molecular weight excluding hydrogens is 641 g/mol. The predicted octanol–water partition coefficient (Wildman–Crippen LogP) is 5.15. The summed E-state index contributed by atoms with van der Waals surface area (Å²) in [5.74, 6) is 1.60. The number of primary amides is 1. The van der Waals surface area contributed by atoms with Crippen LogP contribution in [0.25, 0.3) is 10.9 Å². The van der Waals surface area contributed by atoms with E-state index in [1.165, 1.54) is 31.4 Å². The smallest absolute Gasteiger partial charge is 0.257 e. The number of rotatable bonds is 11. The molecule has 262 valence electrons. The minimum Gasteiger partial charge on any atom is -0.491 e. The maximum absolute atomic E-state index is 15.6. The predicted molar refractivity (Wildman–Crippen MR) is 184 cm³/mol. The van der Waals surface area contributed by atoms with Crippen molar-refractivity contribution in [3.63, 3.8) is 0 Å². The molecule has 4 saturated carbocycles. The molecule has 2 aromatic carbocycles. The summed E-state index contributed by atoms with van der Waals surface area (Å²) in [4.78, 5) is 32.7. The number of fused-ring (bicyclic) bond motifs is 1. The third-order valence-electron chi connectivity index (χ3n) is 10.7. The molecular formula is C37H42FN7O5. The van der Waals surface area contributed by atoms with Crippen LogP contribution in [-0.2, 0) is 11.8 Å². The van der Waals surface area contributed by atoms with Crippen LogP contribution in [0.1, 0.15) is 59.2 Å². The largest absolute Gasteiger partial charge is 0.491 e. The van der Waals surface area contributed by atoms with Gasteiger partial charge in [-0.2, -0.15) is 5.10 Å². The van der Waals surface area contributed by atoms with E-state index in [1.54, 1.807) is 48.4 Å². The number of hydrogen-bond donors (Lipinski definition) is 3. The number of hydrogen-bond acceptors (Lipinski definition) is 9. The average molecular weight is 684 g/mol. The summed E-state index contributed by atoms with van der Waals surface area (Å²) in [6.45, 7) is 4.04. The van der Waals surface area contributed by atoms with Gasteiger partial charge in [0.25, 0.3) is 11.8 Å². The van der Waals surface area contributed by atoms with E-state index < -0.39 is 11.7 Å². The normalized spacial score (nSPS) is 24.3. The van der Waals surface area contributed by atoms with E-state index in [0.29, 0.717) is 83.6 Å². The number of amides is 2. The number of aromatic nitrogens is 3. The molecule has 5 fully saturated rings. The lowest BCUT2D eigenvalue weighted by Gasteiger charge is -2.56. The summed E-state index contributed by atoms with van der Waals surface area (Å²) in [6, 6.07) is 9.26. The SMILES string of the molecule is Cn1cc(C(=O)NC23CC4CC(CC(C4)C2)C3)c(Nc2ccc(Oc3ccnc4cc(OCCN5CCOCC5)c(C(N)=O)cc34)c(F)c2)n1. The average Bonchev–Trinajstić information content (AvgIpc) is 3.45. The van der Waals surface area contributed by atoms with Crippen LogP contribution in [-0.4, -0.2) is 76.5 Å². The van der Waals surface area contributed by atoms with Crippen LogP contribution in [0.15, 0.2) is 48.8 Å². The van der Waals surface area contributed by atoms with E-state index in [0.717, 1.165) is 32.4 Å². The molecule has 5 aliphatic rings. The summed E-state index contributed by atoms with van der Waals surface area (Å²) >= 11 is 0. The molecule has 9 rings (SSSR count). The van der Waals surface area contributed by atoms with Gasteiger partial charge in [0.05, 0.1) is 24.3 Å². The summed E-state index contributed by atoms with van der Waals surface area (Å²) in [5, 5.41) is 11.5. The number of carbonyl (C=O) groups is 2. The molecule has 1 aliphatic heterocycles. The monoisotopic (exact) mass is 683 g/mol. The first-order valence-corrected chi connectivity index (χ1v) is 17.5. The minimum absolute atomic E-state index is 0.0321. The van der Waals surface area contributed by atoms with Gasteiger partial charge in [-0.15, -0.1) is 0 Å². The first kappa shape index (κ1) is 32.5. The van der Waals surface area contributed by atoms with Crippen LogP contribution < -0.4 is 25.8 Å². The Morgan fingerprint density at radius 1 is 1.00 bits per heavy atom. The summed E-state index contributed by atoms with van der Waals surface area (Å²) in [7, 11) is 1.76. The van der Waals surface area contributed by atoms with Gasteiger partial charge in [0.1, 0.15) is 23.7 Å². The van der Waals surface area contributed by atoms with Gasteiger partial charge in [-0.05, 0) is 80.5 Å². The highest BCUT2D eigenvalue weighted by Crippen LogP contribution is 2.55. The molecule has 50 heavy (non-hydrogen) atoms. The highest BCUT2D eigenvalue weighted by molar-refractivity contribution is 6.01. The Kier molecular flexibility index (Phi) is 8.55. The number of ether oxygens (including phenoxy) is 3. The van der Waals surface area contributed by atoms with Crippen molar-refractivity contribution in [1.82, 2.24) is 25.0 Å². The van der Waals surface area contributed by atoms with Crippen molar-refractivity contribution in [3.05, 3.63) is 65.7 Å². The topological polar surface area (TPSA) is 146 Å². The molecule has 2 amide bonds. The molecule has 4 bridgehead atoms. The van der Waals surface area contributed by atoms with E-state index in [2.05, 4.69) is 25.6 Å². The lowest BCUT2D eigenvalue weighted by molar-refractivity contribution is -0.0166. The van der Waals surface area contributed by atoms with Gasteiger partial charge < -0.3 is 30.6 Å². The Balaban J connectivity index is 0.971. The molecule has 0 unspecified atom stereocenters. The highest BCUT2D eigenvalue weighted by atomic mass is 19.1. The fourth-order valence-corrected chi connectivity index (χ4v) is 8.89. The Morgan fingerprint density at radius 3 is 2.44 bits per heavy atom. The number of carbonyl (C=O) groups excluding carboxylic acids is 2. The highest BCUT2D eigenvalue weighted by Gasteiger charge is 2.51. The Bertz CT molecular complexity index is 1910. The van der Waals surface area contributed by atoms with Gasteiger partial charge in [0.15, 0.2) is 17.4 Å². The maximum Gasteiger partial charge on any atom is 0.257 e. The maximum atomic E-state index is 15.6. The number of anilines is 2. The number of benzene rings is 2. The zero-order chi connectivity index (χ0) is 34.4. The molecule has 3 heterocycles. The van der Waals surface area contributed by atoms with Gasteiger partial charge in [-0.1, -0.05) is 0 Å². The third kappa shape index (κ3) is 6.59. The second-order valence-corrected chi connectivity index (χ2v) is 14.4. The minimum atomic E-state index is -0.662. The molecule has 0 atom stereocenters. The second kappa shape index (κ2) is 13.2. The molecule has 13 heteroatoms. The van der Waals surface area contributed by atoms with Crippen LogP contribution >= 0.6 is 0 Å². The van der Waals surface area contributed by atoms with Gasteiger partial charge >= 0.3 is 0 Å². The molecule has 1 saturated heterocycles. The summed E-state index contributed by atoms with van der Waals surface area (Å²) < 4.78 is 34.5. The van der Waals surface area contributed by atoms with Crippen molar-refractivity contribution in [2.45, 2.75) is 44.1 Å². The number of nitrogens with two attached hydrogens (primary N) is 1. The number of aryl methyl sites for hydroxylation is 1. The van der Waals surface area contributed by atoms with E-state index in [1.807, 2.05) is 0 Å². The molecule has 12 nitrogen and oxygen atoms in total. The molecule has 2 aromatic heterocycles. The van der Waals surface area contributed by atoms with Crippen molar-refractivity contribution >= 4 is 34.2 Å². The first-order chi connectivity index (χ1) is 24.2. The second-order valence-electron chi connectivity index (χ2n) is 14.4. The van der Waals surface area contributed by atoms with E-state index in [4.69, 9.17) is 19.9 Å². The number of nitrogens with one attached hydrogen (secondary N) is 2. The van der Waals surface area contributed by atoms with Crippen LogP contribution in [0, 0.1) is 23.6 Å². The van der Waals surface area contributed by atoms with Gasteiger partial charge in [-0.3, -0.25) is 24.2 Å². The Morgan fingerprint density at radius 2 is 1.74 bits per heavy atom. The van der Waals surface area contributed by atoms with Crippen molar-refractivity contribution < 1.29 is 28.2 Å². The lowest BCUT2D eigenvalue weighted by atomic mass is 9.53. The van der Waals surface area contributed by atoms with E-state index in [-0.39, 0.29) is 22.8 Å². The van der Waals surface area contributed by atoms with Crippen LogP contribution in [0.4, 0.5) is 15.9 Å². The van der Waals surface area contributed by atoms with Crippen molar-refractivity contribution in [2.24, 2.45) is 30.5 Å². The van der Waals surface area contributed by atoms with Crippen molar-refractivity contribution in [1.29, 1.82) is 0 Å². The molecule has 4 N–H and O–H groups in total. The number of nitrogens with zero attached hydrogens (tertiary/aromatic N) is 4.